The van der Waals surface area contributed by atoms with E-state index in [-0.39, 0.29) is 12.2 Å². The number of pyridine rings is 1. The lowest BCUT2D eigenvalue weighted by Gasteiger charge is -2.37. The molecule has 6 heteroatoms. The number of piperazine rings is 1. The third-order valence-corrected chi connectivity index (χ3v) is 6.10. The second kappa shape index (κ2) is 10.7. The number of aromatic amines is 1. The fourth-order valence-electron chi connectivity index (χ4n) is 4.21. The van der Waals surface area contributed by atoms with Crippen molar-refractivity contribution in [3.63, 3.8) is 0 Å². The number of anilines is 1. The Labute approximate surface area is 189 Å². The summed E-state index contributed by atoms with van der Waals surface area (Å²) in [4.78, 5) is 18.9. The Hall–Kier alpha value is -2.83. The van der Waals surface area contributed by atoms with E-state index in [1.807, 2.05) is 18.2 Å². The molecule has 0 radical (unpaired) electrons. The number of aliphatic hydroxyl groups is 1. The number of aromatic nitrogens is 1. The topological polar surface area (TPSA) is 68.8 Å². The van der Waals surface area contributed by atoms with E-state index in [0.29, 0.717) is 12.3 Å². The molecule has 1 aliphatic rings. The highest BCUT2D eigenvalue weighted by Crippen LogP contribution is 2.20. The van der Waals surface area contributed by atoms with Crippen LogP contribution in [0.15, 0.2) is 59.4 Å². The average molecular weight is 436 g/mol. The van der Waals surface area contributed by atoms with Gasteiger partial charge in [-0.25, -0.2) is 0 Å². The van der Waals surface area contributed by atoms with E-state index in [0.717, 1.165) is 43.5 Å². The summed E-state index contributed by atoms with van der Waals surface area (Å²) in [6.07, 6.45) is 3.07. The van der Waals surface area contributed by atoms with Crippen LogP contribution in [-0.2, 0) is 6.42 Å². The van der Waals surface area contributed by atoms with E-state index in [2.05, 4.69) is 46.0 Å². The van der Waals surface area contributed by atoms with Gasteiger partial charge >= 0.3 is 0 Å². The van der Waals surface area contributed by atoms with E-state index < -0.39 is 6.10 Å². The molecule has 2 N–H and O–H groups in total. The number of hydrogen-bond donors (Lipinski definition) is 2. The van der Waals surface area contributed by atoms with Gasteiger partial charge in [-0.05, 0) is 54.8 Å². The quantitative estimate of drug-likeness (QED) is 0.539. The molecule has 0 spiro atoms. The van der Waals surface area contributed by atoms with E-state index in [9.17, 15) is 9.90 Å². The van der Waals surface area contributed by atoms with Crippen molar-refractivity contribution in [1.82, 2.24) is 9.88 Å². The summed E-state index contributed by atoms with van der Waals surface area (Å²) in [5.41, 5.74) is 3.35. The van der Waals surface area contributed by atoms with Crippen molar-refractivity contribution in [2.45, 2.75) is 32.3 Å². The molecule has 3 aromatic rings. The second-order valence-electron chi connectivity index (χ2n) is 8.59. The fraction of sp³-hybridized carbons (Fsp3) is 0.423. The molecule has 170 valence electrons. The van der Waals surface area contributed by atoms with Gasteiger partial charge in [0.15, 0.2) is 0 Å². The smallest absolute Gasteiger partial charge is 0.248 e. The lowest BCUT2D eigenvalue weighted by atomic mass is 10.1. The number of ether oxygens (including phenoxy) is 1. The third kappa shape index (κ3) is 5.90. The zero-order valence-electron chi connectivity index (χ0n) is 18.8. The van der Waals surface area contributed by atoms with Crippen molar-refractivity contribution in [1.29, 1.82) is 0 Å². The molecule has 1 saturated heterocycles. The molecule has 1 aromatic heterocycles. The minimum absolute atomic E-state index is 0.120. The number of β-amino-alcohol motifs (C(OH)–C–C–N with tert-alkyl or cyclic N) is 1. The average Bonchev–Trinajstić information content (AvgIpc) is 2.82. The first-order valence-electron chi connectivity index (χ1n) is 11.6. The van der Waals surface area contributed by atoms with Gasteiger partial charge in [0, 0.05) is 55.4 Å². The lowest BCUT2D eigenvalue weighted by Crippen LogP contribution is -2.49. The Morgan fingerprint density at radius 1 is 1.03 bits per heavy atom. The Morgan fingerprint density at radius 2 is 1.81 bits per heavy atom. The number of benzene rings is 2. The van der Waals surface area contributed by atoms with Gasteiger partial charge in [-0.1, -0.05) is 25.5 Å². The third-order valence-electron chi connectivity index (χ3n) is 6.10. The number of H-pyrrole nitrogens is 1. The van der Waals surface area contributed by atoms with Gasteiger partial charge in [0.2, 0.25) is 5.56 Å². The normalized spacial score (nSPS) is 15.8. The highest BCUT2D eigenvalue weighted by molar-refractivity contribution is 5.79. The van der Waals surface area contributed by atoms with Crippen molar-refractivity contribution in [2.24, 2.45) is 0 Å². The monoisotopic (exact) mass is 435 g/mol. The first-order valence-corrected chi connectivity index (χ1v) is 11.6. The van der Waals surface area contributed by atoms with Crippen LogP contribution in [0.5, 0.6) is 5.75 Å². The largest absolute Gasteiger partial charge is 0.491 e. The molecule has 0 aliphatic carbocycles. The predicted octanol–water partition coefficient (Wildman–Crippen LogP) is 3.43. The van der Waals surface area contributed by atoms with Gasteiger partial charge in [0.25, 0.3) is 0 Å². The molecule has 6 nitrogen and oxygen atoms in total. The van der Waals surface area contributed by atoms with Crippen LogP contribution in [0.4, 0.5) is 5.69 Å². The van der Waals surface area contributed by atoms with Gasteiger partial charge in [0.1, 0.15) is 18.5 Å². The Bertz CT molecular complexity index is 1060. The molecule has 4 rings (SSSR count). The van der Waals surface area contributed by atoms with E-state index in [1.165, 1.54) is 30.2 Å². The Kier molecular flexibility index (Phi) is 7.45. The molecule has 1 fully saturated rings. The molecule has 2 aromatic carbocycles. The number of nitrogens with one attached hydrogen (secondary N) is 1. The van der Waals surface area contributed by atoms with Crippen molar-refractivity contribution < 1.29 is 9.84 Å². The van der Waals surface area contributed by atoms with Crippen LogP contribution in [-0.4, -0.2) is 60.4 Å². The molecule has 0 amide bonds. The molecule has 1 aliphatic heterocycles. The maximum Gasteiger partial charge on any atom is 0.248 e. The molecule has 1 unspecified atom stereocenters. The van der Waals surface area contributed by atoms with Crippen molar-refractivity contribution >= 4 is 16.6 Å². The van der Waals surface area contributed by atoms with E-state index in [4.69, 9.17) is 4.74 Å². The van der Waals surface area contributed by atoms with Crippen LogP contribution in [0.25, 0.3) is 10.9 Å². The number of aliphatic hydroxyl groups excluding tert-OH is 1. The van der Waals surface area contributed by atoms with Gasteiger partial charge in [-0.15, -0.1) is 0 Å². The van der Waals surface area contributed by atoms with E-state index >= 15 is 0 Å². The number of hydrogen-bond acceptors (Lipinski definition) is 5. The first kappa shape index (κ1) is 22.4. The zero-order chi connectivity index (χ0) is 22.3. The first-order chi connectivity index (χ1) is 15.6. The van der Waals surface area contributed by atoms with Gasteiger partial charge < -0.3 is 19.7 Å². The molecule has 32 heavy (non-hydrogen) atoms. The van der Waals surface area contributed by atoms with Crippen LogP contribution in [0.1, 0.15) is 25.3 Å². The van der Waals surface area contributed by atoms with Crippen LogP contribution in [0.3, 0.4) is 0 Å². The standard InChI is InChI=1S/C26H33N3O3/c1-2-3-4-20-5-8-22(9-6-20)29-15-13-28(14-16-29)18-23(30)19-32-24-10-11-25-21(17-24)7-12-26(31)27-25/h5-12,17,23,30H,2-4,13-16,18-19H2,1H3,(H,27,31). The summed E-state index contributed by atoms with van der Waals surface area (Å²) in [7, 11) is 0. The number of nitrogens with zero attached hydrogens (tertiary/aromatic N) is 2. The summed E-state index contributed by atoms with van der Waals surface area (Å²) in [5.74, 6) is 0.691. The van der Waals surface area contributed by atoms with Crippen molar-refractivity contribution in [3.8, 4) is 5.75 Å². The summed E-state index contributed by atoms with van der Waals surface area (Å²) < 4.78 is 5.80. The SMILES string of the molecule is CCCCc1ccc(N2CCN(CC(O)COc3ccc4[nH]c(=O)ccc4c3)CC2)cc1. The zero-order valence-corrected chi connectivity index (χ0v) is 18.8. The van der Waals surface area contributed by atoms with Crippen LogP contribution < -0.4 is 15.2 Å². The molecule has 0 saturated carbocycles. The van der Waals surface area contributed by atoms with Crippen LogP contribution in [0.2, 0.25) is 0 Å². The predicted molar refractivity (Wildman–Crippen MR) is 130 cm³/mol. The fourth-order valence-corrected chi connectivity index (χ4v) is 4.21. The second-order valence-corrected chi connectivity index (χ2v) is 8.59. The molecular weight excluding hydrogens is 402 g/mol. The van der Waals surface area contributed by atoms with Gasteiger partial charge in [-0.2, -0.15) is 0 Å². The highest BCUT2D eigenvalue weighted by atomic mass is 16.5. The van der Waals surface area contributed by atoms with Crippen molar-refractivity contribution in [2.75, 3.05) is 44.2 Å². The minimum atomic E-state index is -0.550. The van der Waals surface area contributed by atoms with Crippen molar-refractivity contribution in [3.05, 3.63) is 70.5 Å². The van der Waals surface area contributed by atoms with Crippen LogP contribution in [0, 0.1) is 0 Å². The van der Waals surface area contributed by atoms with Gasteiger partial charge in [-0.3, -0.25) is 9.69 Å². The highest BCUT2D eigenvalue weighted by Gasteiger charge is 2.20. The maximum absolute atomic E-state index is 11.4. The molecule has 0 bridgehead atoms. The lowest BCUT2D eigenvalue weighted by molar-refractivity contribution is 0.0663. The molecule has 2 heterocycles. The number of fused-ring (bicyclic) bond motifs is 1. The minimum Gasteiger partial charge on any atom is -0.491 e. The molecular formula is C26H33N3O3. The number of unbranched alkanes of at least 4 members (excludes halogenated alkanes) is 1. The molecule has 1 atom stereocenters. The van der Waals surface area contributed by atoms with Gasteiger partial charge in [0.05, 0.1) is 0 Å². The summed E-state index contributed by atoms with van der Waals surface area (Å²) in [6, 6.07) is 17.8. The number of rotatable bonds is 9. The Morgan fingerprint density at radius 3 is 2.56 bits per heavy atom. The van der Waals surface area contributed by atoms with E-state index in [1.54, 1.807) is 6.07 Å². The summed E-state index contributed by atoms with van der Waals surface area (Å²) in [5, 5.41) is 11.4. The number of aryl methyl sites for hydroxylation is 1. The maximum atomic E-state index is 11.4. The summed E-state index contributed by atoms with van der Waals surface area (Å²) >= 11 is 0. The van der Waals surface area contributed by atoms with Crippen LogP contribution >= 0.6 is 0 Å². The summed E-state index contributed by atoms with van der Waals surface area (Å²) in [6.45, 7) is 6.86. The Balaban J connectivity index is 1.22.